The highest BCUT2D eigenvalue weighted by molar-refractivity contribution is 5.80. The van der Waals surface area contributed by atoms with Crippen LogP contribution >= 0.6 is 0 Å². The summed E-state index contributed by atoms with van der Waals surface area (Å²) in [7, 11) is 0. The van der Waals surface area contributed by atoms with E-state index in [2.05, 4.69) is 13.8 Å². The maximum absolute atomic E-state index is 11.5. The first-order chi connectivity index (χ1) is 8.00. The lowest BCUT2D eigenvalue weighted by molar-refractivity contribution is -0.122. The van der Waals surface area contributed by atoms with E-state index < -0.39 is 0 Å². The topological polar surface area (TPSA) is 17.1 Å². The monoisotopic (exact) mass is 238 g/mol. The molecule has 1 fully saturated rings. The summed E-state index contributed by atoms with van der Waals surface area (Å²) in [6, 6.07) is 0. The molecule has 0 atom stereocenters. The lowest BCUT2D eigenvalue weighted by Gasteiger charge is -2.30. The highest BCUT2D eigenvalue weighted by Crippen LogP contribution is 2.35. The van der Waals surface area contributed by atoms with Crippen molar-refractivity contribution < 1.29 is 4.79 Å². The van der Waals surface area contributed by atoms with E-state index in [9.17, 15) is 4.79 Å². The van der Waals surface area contributed by atoms with Gasteiger partial charge in [-0.05, 0) is 37.0 Å². The molecule has 0 aromatic rings. The Kier molecular flexibility index (Phi) is 6.22. The molecule has 0 unspecified atom stereocenters. The fourth-order valence-electron chi connectivity index (χ4n) is 3.00. The summed E-state index contributed by atoms with van der Waals surface area (Å²) >= 11 is 0. The zero-order chi connectivity index (χ0) is 12.8. The Morgan fingerprint density at radius 2 is 1.65 bits per heavy atom. The van der Waals surface area contributed by atoms with E-state index >= 15 is 0 Å². The summed E-state index contributed by atoms with van der Waals surface area (Å²) in [6.07, 6.45) is 8.84. The summed E-state index contributed by atoms with van der Waals surface area (Å²) < 4.78 is 0. The number of ketones is 1. The lowest BCUT2D eigenvalue weighted by Crippen LogP contribution is -2.18. The molecule has 1 nitrogen and oxygen atoms in total. The van der Waals surface area contributed by atoms with Gasteiger partial charge in [0.2, 0.25) is 0 Å². The minimum Gasteiger partial charge on any atom is -0.299 e. The summed E-state index contributed by atoms with van der Waals surface area (Å²) in [5.41, 5.74) is 0. The van der Waals surface area contributed by atoms with E-state index in [0.29, 0.717) is 5.78 Å². The smallest absolute Gasteiger partial charge is 0.135 e. The third kappa shape index (κ3) is 5.23. The molecule has 1 aliphatic carbocycles. The van der Waals surface area contributed by atoms with E-state index in [0.717, 1.165) is 30.6 Å². The fourth-order valence-corrected chi connectivity index (χ4v) is 3.00. The molecule has 1 saturated carbocycles. The van der Waals surface area contributed by atoms with Crippen molar-refractivity contribution in [2.45, 2.75) is 72.6 Å². The van der Waals surface area contributed by atoms with Crippen LogP contribution in [0.2, 0.25) is 0 Å². The molecule has 0 amide bonds. The van der Waals surface area contributed by atoms with E-state index in [4.69, 9.17) is 0 Å². The lowest BCUT2D eigenvalue weighted by atomic mass is 9.75. The zero-order valence-corrected chi connectivity index (χ0v) is 12.2. The fraction of sp³-hybridized carbons (Fsp3) is 0.938. The molecule has 0 N–H and O–H groups in total. The molecular weight excluding hydrogens is 208 g/mol. The van der Waals surface area contributed by atoms with Crippen LogP contribution in [0.5, 0.6) is 0 Å². The van der Waals surface area contributed by atoms with Gasteiger partial charge >= 0.3 is 0 Å². The van der Waals surface area contributed by atoms with Crippen molar-refractivity contribution in [3.8, 4) is 0 Å². The molecule has 0 aromatic heterocycles. The minimum absolute atomic E-state index is 0.228. The van der Waals surface area contributed by atoms with Gasteiger partial charge in [0.05, 0.1) is 0 Å². The van der Waals surface area contributed by atoms with E-state index in [1.54, 1.807) is 0 Å². The molecule has 0 heterocycles. The van der Waals surface area contributed by atoms with Crippen molar-refractivity contribution in [1.82, 2.24) is 0 Å². The molecule has 1 aliphatic rings. The van der Waals surface area contributed by atoms with Gasteiger partial charge in [-0.1, -0.05) is 47.0 Å². The third-order valence-electron chi connectivity index (χ3n) is 4.51. The normalized spacial score (nSPS) is 25.5. The quantitative estimate of drug-likeness (QED) is 0.647. The Morgan fingerprint density at radius 1 is 1.06 bits per heavy atom. The average Bonchev–Trinajstić information content (AvgIpc) is 2.29. The third-order valence-corrected chi connectivity index (χ3v) is 4.51. The largest absolute Gasteiger partial charge is 0.299 e. The van der Waals surface area contributed by atoms with E-state index in [-0.39, 0.29) is 5.92 Å². The van der Waals surface area contributed by atoms with Gasteiger partial charge < -0.3 is 0 Å². The molecule has 1 rings (SSSR count). The molecule has 0 aromatic carbocycles. The highest BCUT2D eigenvalue weighted by atomic mass is 16.1. The molecular formula is C16H30O. The maximum Gasteiger partial charge on any atom is 0.135 e. The van der Waals surface area contributed by atoms with Gasteiger partial charge in [0.25, 0.3) is 0 Å². The van der Waals surface area contributed by atoms with Crippen molar-refractivity contribution in [3.05, 3.63) is 0 Å². The second-order valence-electron chi connectivity index (χ2n) is 6.54. The van der Waals surface area contributed by atoms with Crippen LogP contribution in [0.3, 0.4) is 0 Å². The number of carbonyl (C=O) groups excluding carboxylic acids is 1. The van der Waals surface area contributed by atoms with E-state index in [1.165, 1.54) is 32.1 Å². The van der Waals surface area contributed by atoms with Gasteiger partial charge in [-0.15, -0.1) is 0 Å². The van der Waals surface area contributed by atoms with E-state index in [1.807, 2.05) is 13.8 Å². The summed E-state index contributed by atoms with van der Waals surface area (Å²) in [4.78, 5) is 11.5. The first-order valence-corrected chi connectivity index (χ1v) is 7.53. The molecule has 17 heavy (non-hydrogen) atoms. The van der Waals surface area contributed by atoms with Crippen molar-refractivity contribution in [2.75, 3.05) is 0 Å². The van der Waals surface area contributed by atoms with Crippen LogP contribution < -0.4 is 0 Å². The second-order valence-corrected chi connectivity index (χ2v) is 6.54. The first-order valence-electron chi connectivity index (χ1n) is 7.53. The standard InChI is InChI=1S/C16H30O/c1-12(2)15-10-8-14(9-11-15)6-5-7-16(17)13(3)4/h12-15H,5-11H2,1-4H3. The van der Waals surface area contributed by atoms with Crippen LogP contribution in [-0.2, 0) is 4.79 Å². The van der Waals surface area contributed by atoms with Crippen LogP contribution in [0.15, 0.2) is 0 Å². The summed E-state index contributed by atoms with van der Waals surface area (Å²) in [5, 5.41) is 0. The van der Waals surface area contributed by atoms with Gasteiger partial charge in [-0.2, -0.15) is 0 Å². The Labute approximate surface area is 107 Å². The number of carbonyl (C=O) groups is 1. The maximum atomic E-state index is 11.5. The minimum atomic E-state index is 0.228. The van der Waals surface area contributed by atoms with Crippen molar-refractivity contribution in [3.63, 3.8) is 0 Å². The molecule has 100 valence electrons. The van der Waals surface area contributed by atoms with Gasteiger partial charge in [0, 0.05) is 12.3 Å². The number of rotatable bonds is 6. The Hall–Kier alpha value is -0.330. The number of hydrogen-bond acceptors (Lipinski definition) is 1. The predicted molar refractivity (Wildman–Crippen MR) is 74.0 cm³/mol. The Morgan fingerprint density at radius 3 is 2.12 bits per heavy atom. The second kappa shape index (κ2) is 7.18. The Balaban J connectivity index is 2.12. The van der Waals surface area contributed by atoms with Crippen molar-refractivity contribution in [2.24, 2.45) is 23.7 Å². The zero-order valence-electron chi connectivity index (χ0n) is 12.2. The van der Waals surface area contributed by atoms with Crippen molar-refractivity contribution in [1.29, 1.82) is 0 Å². The molecule has 1 heteroatoms. The molecule has 0 aliphatic heterocycles. The van der Waals surface area contributed by atoms with Gasteiger partial charge in [0.1, 0.15) is 5.78 Å². The summed E-state index contributed by atoms with van der Waals surface area (Å²) in [6.45, 7) is 8.73. The SMILES string of the molecule is CC(C)C(=O)CCCC1CCC(C(C)C)CC1. The first kappa shape index (κ1) is 14.7. The van der Waals surface area contributed by atoms with Crippen molar-refractivity contribution >= 4 is 5.78 Å². The number of hydrogen-bond donors (Lipinski definition) is 0. The van der Waals surface area contributed by atoms with Crippen LogP contribution in [-0.4, -0.2) is 5.78 Å². The molecule has 0 spiro atoms. The highest BCUT2D eigenvalue weighted by Gasteiger charge is 2.23. The number of Topliss-reactive ketones (excluding diaryl/α,β-unsaturated/α-hetero) is 1. The van der Waals surface area contributed by atoms with Crippen LogP contribution in [0.1, 0.15) is 72.6 Å². The van der Waals surface area contributed by atoms with Crippen LogP contribution in [0, 0.1) is 23.7 Å². The average molecular weight is 238 g/mol. The van der Waals surface area contributed by atoms with Gasteiger partial charge in [-0.25, -0.2) is 0 Å². The summed E-state index contributed by atoms with van der Waals surface area (Å²) in [5.74, 6) is 3.40. The predicted octanol–water partition coefficient (Wildman–Crippen LogP) is 4.84. The van der Waals surface area contributed by atoms with Gasteiger partial charge in [0.15, 0.2) is 0 Å². The molecule has 0 radical (unpaired) electrons. The van der Waals surface area contributed by atoms with Crippen LogP contribution in [0.25, 0.3) is 0 Å². The van der Waals surface area contributed by atoms with Gasteiger partial charge in [-0.3, -0.25) is 4.79 Å². The molecule has 0 bridgehead atoms. The molecule has 0 saturated heterocycles. The Bertz CT molecular complexity index is 222. The van der Waals surface area contributed by atoms with Crippen LogP contribution in [0.4, 0.5) is 0 Å².